The van der Waals surface area contributed by atoms with Gasteiger partial charge in [0.1, 0.15) is 5.01 Å². The zero-order valence-corrected chi connectivity index (χ0v) is 14.1. The van der Waals surface area contributed by atoms with Gasteiger partial charge in [0.2, 0.25) is 0 Å². The van der Waals surface area contributed by atoms with Crippen LogP contribution in [0.15, 0.2) is 23.6 Å². The number of halogens is 2. The van der Waals surface area contributed by atoms with Gasteiger partial charge in [-0.3, -0.25) is 4.90 Å². The molecule has 0 saturated carbocycles. The molecular formula is C15H17Cl2N3S. The fourth-order valence-corrected chi connectivity index (χ4v) is 3.71. The topological polar surface area (TPSA) is 28.2 Å². The summed E-state index contributed by atoms with van der Waals surface area (Å²) in [7, 11) is 0. The molecule has 1 N–H and O–H groups in total. The zero-order valence-electron chi connectivity index (χ0n) is 11.8. The Hall–Kier alpha value is -0.650. The maximum atomic E-state index is 6.08. The van der Waals surface area contributed by atoms with E-state index in [-0.39, 0.29) is 0 Å². The molecule has 1 saturated heterocycles. The van der Waals surface area contributed by atoms with Crippen LogP contribution in [0.2, 0.25) is 10.0 Å². The molecule has 0 amide bonds. The van der Waals surface area contributed by atoms with E-state index in [9.17, 15) is 0 Å². The molecule has 21 heavy (non-hydrogen) atoms. The van der Waals surface area contributed by atoms with Crippen molar-refractivity contribution in [2.45, 2.75) is 13.0 Å². The summed E-state index contributed by atoms with van der Waals surface area (Å²) in [6.07, 6.45) is 0. The summed E-state index contributed by atoms with van der Waals surface area (Å²) in [5, 5.41) is 7.76. The molecule has 1 aliphatic rings. The molecule has 3 nitrogen and oxygen atoms in total. The molecule has 1 aromatic carbocycles. The Morgan fingerprint density at radius 3 is 2.71 bits per heavy atom. The lowest BCUT2D eigenvalue weighted by Gasteiger charge is -2.31. The van der Waals surface area contributed by atoms with Crippen molar-refractivity contribution in [3.8, 4) is 11.3 Å². The first-order valence-corrected chi connectivity index (χ1v) is 8.64. The summed E-state index contributed by atoms with van der Waals surface area (Å²) in [5.41, 5.74) is 1.98. The van der Waals surface area contributed by atoms with Crippen molar-refractivity contribution >= 4 is 34.5 Å². The summed E-state index contributed by atoms with van der Waals surface area (Å²) in [6.45, 7) is 6.47. The van der Waals surface area contributed by atoms with Gasteiger partial charge in [-0.2, -0.15) is 0 Å². The van der Waals surface area contributed by atoms with Crippen LogP contribution in [0.1, 0.15) is 18.0 Å². The Kier molecular flexibility index (Phi) is 4.82. The lowest BCUT2D eigenvalue weighted by Crippen LogP contribution is -2.44. The van der Waals surface area contributed by atoms with Gasteiger partial charge < -0.3 is 5.32 Å². The highest BCUT2D eigenvalue weighted by molar-refractivity contribution is 7.10. The minimum atomic E-state index is 0.355. The maximum Gasteiger partial charge on any atom is 0.110 e. The molecule has 2 heterocycles. The van der Waals surface area contributed by atoms with Crippen LogP contribution in [0, 0.1) is 0 Å². The van der Waals surface area contributed by atoms with Crippen LogP contribution in [0.25, 0.3) is 11.3 Å². The van der Waals surface area contributed by atoms with E-state index in [4.69, 9.17) is 28.2 Å². The van der Waals surface area contributed by atoms with Crippen LogP contribution < -0.4 is 5.32 Å². The van der Waals surface area contributed by atoms with Crippen molar-refractivity contribution in [2.75, 3.05) is 26.2 Å². The standard InChI is InChI=1S/C15H17Cl2N3S/c1-10(20-6-4-18-5-7-20)15-19-14(9-21-15)11-2-3-12(16)13(17)8-11/h2-3,8-10,18H,4-7H2,1H3. The van der Waals surface area contributed by atoms with Crippen molar-refractivity contribution in [2.24, 2.45) is 0 Å². The van der Waals surface area contributed by atoms with Gasteiger partial charge in [-0.15, -0.1) is 11.3 Å². The van der Waals surface area contributed by atoms with Gasteiger partial charge in [-0.1, -0.05) is 29.3 Å². The highest BCUT2D eigenvalue weighted by atomic mass is 35.5. The molecule has 3 rings (SSSR count). The van der Waals surface area contributed by atoms with Crippen molar-refractivity contribution in [3.05, 3.63) is 38.6 Å². The molecule has 6 heteroatoms. The van der Waals surface area contributed by atoms with E-state index in [2.05, 4.69) is 22.5 Å². The Balaban J connectivity index is 1.80. The van der Waals surface area contributed by atoms with E-state index in [1.54, 1.807) is 11.3 Å². The molecule has 1 unspecified atom stereocenters. The van der Waals surface area contributed by atoms with Gasteiger partial charge in [-0.25, -0.2) is 4.98 Å². The molecule has 1 atom stereocenters. The number of thiazole rings is 1. The van der Waals surface area contributed by atoms with Crippen molar-refractivity contribution in [3.63, 3.8) is 0 Å². The second-order valence-electron chi connectivity index (χ2n) is 5.16. The first-order valence-electron chi connectivity index (χ1n) is 7.01. The predicted molar refractivity (Wildman–Crippen MR) is 90.4 cm³/mol. The largest absolute Gasteiger partial charge is 0.314 e. The van der Waals surface area contributed by atoms with Gasteiger partial charge in [0.25, 0.3) is 0 Å². The maximum absolute atomic E-state index is 6.08. The molecule has 1 aliphatic heterocycles. The van der Waals surface area contributed by atoms with Crippen molar-refractivity contribution in [1.29, 1.82) is 0 Å². The Labute approximate surface area is 138 Å². The first-order chi connectivity index (χ1) is 10.1. The van der Waals surface area contributed by atoms with Gasteiger partial charge in [-0.05, 0) is 19.1 Å². The summed E-state index contributed by atoms with van der Waals surface area (Å²) in [4.78, 5) is 7.25. The Morgan fingerprint density at radius 1 is 1.24 bits per heavy atom. The smallest absolute Gasteiger partial charge is 0.110 e. The highest BCUT2D eigenvalue weighted by Gasteiger charge is 2.20. The number of aromatic nitrogens is 1. The quantitative estimate of drug-likeness (QED) is 0.911. The number of nitrogens with one attached hydrogen (secondary N) is 1. The van der Waals surface area contributed by atoms with Crippen LogP contribution in [0.3, 0.4) is 0 Å². The summed E-state index contributed by atoms with van der Waals surface area (Å²) in [6, 6.07) is 6.01. The Bertz CT molecular complexity index is 623. The summed E-state index contributed by atoms with van der Waals surface area (Å²) in [5.74, 6) is 0. The molecule has 1 fully saturated rings. The third kappa shape index (κ3) is 3.41. The molecule has 0 aliphatic carbocycles. The van der Waals surface area contributed by atoms with Crippen LogP contribution >= 0.6 is 34.5 Å². The van der Waals surface area contributed by atoms with E-state index in [1.807, 2.05) is 18.2 Å². The van der Waals surface area contributed by atoms with Gasteiger partial charge >= 0.3 is 0 Å². The fraction of sp³-hybridized carbons (Fsp3) is 0.400. The predicted octanol–water partition coefficient (Wildman–Crippen LogP) is 4.08. The van der Waals surface area contributed by atoms with E-state index in [0.29, 0.717) is 16.1 Å². The number of hydrogen-bond acceptors (Lipinski definition) is 4. The fourth-order valence-electron chi connectivity index (χ4n) is 2.49. The molecular weight excluding hydrogens is 325 g/mol. The third-order valence-corrected chi connectivity index (χ3v) is 5.55. The molecule has 2 aromatic rings. The first kappa shape index (κ1) is 15.3. The minimum absolute atomic E-state index is 0.355. The van der Waals surface area contributed by atoms with Crippen LogP contribution in [-0.4, -0.2) is 36.1 Å². The number of benzene rings is 1. The van der Waals surface area contributed by atoms with E-state index in [1.165, 1.54) is 0 Å². The molecule has 1 aromatic heterocycles. The lowest BCUT2D eigenvalue weighted by atomic mass is 10.2. The molecule has 0 radical (unpaired) electrons. The average molecular weight is 342 g/mol. The Morgan fingerprint density at radius 2 is 2.00 bits per heavy atom. The van der Waals surface area contributed by atoms with E-state index < -0.39 is 0 Å². The normalized spacial score (nSPS) is 17.9. The number of hydrogen-bond donors (Lipinski definition) is 1. The van der Waals surface area contributed by atoms with Crippen LogP contribution in [0.4, 0.5) is 0 Å². The number of piperazine rings is 1. The number of nitrogens with zero attached hydrogens (tertiary/aromatic N) is 2. The van der Waals surface area contributed by atoms with Crippen molar-refractivity contribution in [1.82, 2.24) is 15.2 Å². The molecule has 0 spiro atoms. The SMILES string of the molecule is CC(c1nc(-c2ccc(Cl)c(Cl)c2)cs1)N1CCNCC1. The molecule has 112 valence electrons. The monoisotopic (exact) mass is 341 g/mol. The minimum Gasteiger partial charge on any atom is -0.314 e. The molecule has 0 bridgehead atoms. The second-order valence-corrected chi connectivity index (χ2v) is 6.87. The summed E-state index contributed by atoms with van der Waals surface area (Å²) < 4.78 is 0. The average Bonchev–Trinajstić information content (AvgIpc) is 3.00. The van der Waals surface area contributed by atoms with E-state index >= 15 is 0 Å². The second kappa shape index (κ2) is 6.63. The van der Waals surface area contributed by atoms with Gasteiger partial charge in [0, 0.05) is 37.1 Å². The van der Waals surface area contributed by atoms with Gasteiger partial charge in [0.15, 0.2) is 0 Å². The van der Waals surface area contributed by atoms with E-state index in [0.717, 1.165) is 42.4 Å². The third-order valence-electron chi connectivity index (χ3n) is 3.79. The van der Waals surface area contributed by atoms with Gasteiger partial charge in [0.05, 0.1) is 21.8 Å². The van der Waals surface area contributed by atoms with Crippen LogP contribution in [0.5, 0.6) is 0 Å². The number of rotatable bonds is 3. The highest BCUT2D eigenvalue weighted by Crippen LogP contribution is 2.31. The van der Waals surface area contributed by atoms with Crippen LogP contribution in [-0.2, 0) is 0 Å². The summed E-state index contributed by atoms with van der Waals surface area (Å²) >= 11 is 13.8. The lowest BCUT2D eigenvalue weighted by molar-refractivity contribution is 0.185. The zero-order chi connectivity index (χ0) is 14.8. The van der Waals surface area contributed by atoms with Crippen molar-refractivity contribution < 1.29 is 0 Å².